The number of rotatable bonds is 5. The van der Waals surface area contributed by atoms with Gasteiger partial charge in [-0.2, -0.15) is 5.10 Å². The molecule has 1 atom stereocenters. The number of nitrogens with one attached hydrogen (secondary N) is 1. The van der Waals surface area contributed by atoms with Crippen LogP contribution in [0.5, 0.6) is 0 Å². The van der Waals surface area contributed by atoms with Crippen molar-refractivity contribution in [3.63, 3.8) is 0 Å². The SMILES string of the molecule is CC(NC(=O)c1cnn(Cc2ccccc2)c1)c1ccccc1Br. The Balaban J connectivity index is 1.67. The number of aromatic nitrogens is 2. The molecule has 1 amide bonds. The van der Waals surface area contributed by atoms with Crippen LogP contribution in [-0.4, -0.2) is 15.7 Å². The minimum absolute atomic E-state index is 0.0921. The van der Waals surface area contributed by atoms with Crippen molar-refractivity contribution in [1.82, 2.24) is 15.1 Å². The molecule has 122 valence electrons. The fourth-order valence-corrected chi connectivity index (χ4v) is 3.15. The van der Waals surface area contributed by atoms with Crippen LogP contribution in [0.4, 0.5) is 0 Å². The zero-order valence-electron chi connectivity index (χ0n) is 13.3. The first kappa shape index (κ1) is 16.5. The van der Waals surface area contributed by atoms with Gasteiger partial charge < -0.3 is 5.32 Å². The summed E-state index contributed by atoms with van der Waals surface area (Å²) in [7, 11) is 0. The van der Waals surface area contributed by atoms with Crippen LogP contribution < -0.4 is 5.32 Å². The second-order valence-corrected chi connectivity index (χ2v) is 6.48. The van der Waals surface area contributed by atoms with Gasteiger partial charge in [-0.1, -0.05) is 64.5 Å². The van der Waals surface area contributed by atoms with Gasteiger partial charge in [-0.25, -0.2) is 0 Å². The average molecular weight is 384 g/mol. The molecular formula is C19H18BrN3O. The van der Waals surface area contributed by atoms with Crippen LogP contribution in [0.2, 0.25) is 0 Å². The third-order valence-electron chi connectivity index (χ3n) is 3.80. The number of halogens is 1. The first-order valence-corrected chi connectivity index (χ1v) is 8.54. The molecule has 0 saturated heterocycles. The smallest absolute Gasteiger partial charge is 0.254 e. The molecular weight excluding hydrogens is 366 g/mol. The minimum Gasteiger partial charge on any atom is -0.345 e. The van der Waals surface area contributed by atoms with E-state index in [9.17, 15) is 4.79 Å². The van der Waals surface area contributed by atoms with Gasteiger partial charge in [0.2, 0.25) is 0 Å². The quantitative estimate of drug-likeness (QED) is 0.717. The second-order valence-electron chi connectivity index (χ2n) is 5.63. The number of carbonyl (C=O) groups is 1. The summed E-state index contributed by atoms with van der Waals surface area (Å²) in [6.45, 7) is 2.61. The number of benzene rings is 2. The summed E-state index contributed by atoms with van der Waals surface area (Å²) < 4.78 is 2.76. The summed E-state index contributed by atoms with van der Waals surface area (Å²) in [5.74, 6) is -0.127. The summed E-state index contributed by atoms with van der Waals surface area (Å²) in [4.78, 5) is 12.4. The van der Waals surface area contributed by atoms with E-state index in [-0.39, 0.29) is 11.9 Å². The van der Waals surface area contributed by atoms with Gasteiger partial charge in [0.25, 0.3) is 5.91 Å². The summed E-state index contributed by atoms with van der Waals surface area (Å²) in [6.07, 6.45) is 3.38. The Bertz CT molecular complexity index is 829. The van der Waals surface area contributed by atoms with Crippen molar-refractivity contribution in [2.75, 3.05) is 0 Å². The van der Waals surface area contributed by atoms with E-state index in [2.05, 4.69) is 26.3 Å². The lowest BCUT2D eigenvalue weighted by molar-refractivity contribution is 0.0939. The van der Waals surface area contributed by atoms with Crippen molar-refractivity contribution in [3.05, 3.63) is 88.2 Å². The topological polar surface area (TPSA) is 46.9 Å². The third kappa shape index (κ3) is 3.92. The van der Waals surface area contributed by atoms with Crippen LogP contribution in [0.3, 0.4) is 0 Å². The molecule has 3 aromatic rings. The normalized spacial score (nSPS) is 11.9. The first-order chi connectivity index (χ1) is 11.6. The third-order valence-corrected chi connectivity index (χ3v) is 4.52. The highest BCUT2D eigenvalue weighted by Crippen LogP contribution is 2.23. The molecule has 24 heavy (non-hydrogen) atoms. The predicted octanol–water partition coefficient (Wildman–Crippen LogP) is 4.18. The maximum Gasteiger partial charge on any atom is 0.254 e. The lowest BCUT2D eigenvalue weighted by Gasteiger charge is -2.15. The molecule has 0 saturated carbocycles. The van der Waals surface area contributed by atoms with E-state index in [4.69, 9.17) is 0 Å². The molecule has 0 aliphatic heterocycles. The van der Waals surface area contributed by atoms with Crippen molar-refractivity contribution < 1.29 is 4.79 Å². The standard InChI is InChI=1S/C19H18BrN3O/c1-14(17-9-5-6-10-18(17)20)22-19(24)16-11-21-23(13-16)12-15-7-3-2-4-8-15/h2-11,13-14H,12H2,1H3,(H,22,24). The predicted molar refractivity (Wildman–Crippen MR) is 97.8 cm³/mol. The number of hydrogen-bond acceptors (Lipinski definition) is 2. The molecule has 0 spiro atoms. The summed E-state index contributed by atoms with van der Waals surface area (Å²) in [6, 6.07) is 17.8. The number of nitrogens with zero attached hydrogens (tertiary/aromatic N) is 2. The van der Waals surface area contributed by atoms with E-state index in [1.54, 1.807) is 17.1 Å². The Kier molecular flexibility index (Phi) is 5.11. The Morgan fingerprint density at radius 3 is 2.62 bits per heavy atom. The van der Waals surface area contributed by atoms with Crippen LogP contribution in [0.1, 0.15) is 34.5 Å². The molecule has 1 aromatic heterocycles. The van der Waals surface area contributed by atoms with Gasteiger partial charge in [0.05, 0.1) is 24.3 Å². The Morgan fingerprint density at radius 2 is 1.88 bits per heavy atom. The van der Waals surface area contributed by atoms with E-state index in [1.807, 2.05) is 61.5 Å². The van der Waals surface area contributed by atoms with Crippen LogP contribution in [-0.2, 0) is 6.54 Å². The fourth-order valence-electron chi connectivity index (χ4n) is 2.52. The molecule has 1 heterocycles. The molecule has 0 bridgehead atoms. The average Bonchev–Trinajstić information content (AvgIpc) is 3.04. The lowest BCUT2D eigenvalue weighted by atomic mass is 10.1. The number of amides is 1. The van der Waals surface area contributed by atoms with E-state index < -0.39 is 0 Å². The molecule has 1 unspecified atom stereocenters. The monoisotopic (exact) mass is 383 g/mol. The van der Waals surface area contributed by atoms with Crippen molar-refractivity contribution in [2.24, 2.45) is 0 Å². The van der Waals surface area contributed by atoms with Gasteiger partial charge in [0.15, 0.2) is 0 Å². The van der Waals surface area contributed by atoms with E-state index >= 15 is 0 Å². The maximum absolute atomic E-state index is 12.4. The Morgan fingerprint density at radius 1 is 1.17 bits per heavy atom. The van der Waals surface area contributed by atoms with Crippen molar-refractivity contribution in [1.29, 1.82) is 0 Å². The molecule has 1 N–H and O–H groups in total. The van der Waals surface area contributed by atoms with Gasteiger partial charge in [0, 0.05) is 10.7 Å². The molecule has 5 heteroatoms. The molecule has 0 radical (unpaired) electrons. The first-order valence-electron chi connectivity index (χ1n) is 7.75. The molecule has 4 nitrogen and oxygen atoms in total. The Labute approximate surface area is 149 Å². The maximum atomic E-state index is 12.4. The largest absolute Gasteiger partial charge is 0.345 e. The van der Waals surface area contributed by atoms with Crippen LogP contribution in [0, 0.1) is 0 Å². The highest BCUT2D eigenvalue weighted by Gasteiger charge is 2.15. The van der Waals surface area contributed by atoms with E-state index in [0.29, 0.717) is 12.1 Å². The fraction of sp³-hybridized carbons (Fsp3) is 0.158. The summed E-state index contributed by atoms with van der Waals surface area (Å²) >= 11 is 3.52. The van der Waals surface area contributed by atoms with Crippen LogP contribution in [0.25, 0.3) is 0 Å². The van der Waals surface area contributed by atoms with Gasteiger partial charge in [-0.05, 0) is 24.1 Å². The van der Waals surface area contributed by atoms with E-state index in [0.717, 1.165) is 15.6 Å². The minimum atomic E-state index is -0.127. The van der Waals surface area contributed by atoms with Gasteiger partial charge in [-0.15, -0.1) is 0 Å². The van der Waals surface area contributed by atoms with Crippen molar-refractivity contribution in [3.8, 4) is 0 Å². The summed E-state index contributed by atoms with van der Waals surface area (Å²) in [5.41, 5.74) is 2.75. The molecule has 0 aliphatic rings. The van der Waals surface area contributed by atoms with Crippen molar-refractivity contribution in [2.45, 2.75) is 19.5 Å². The number of carbonyl (C=O) groups excluding carboxylic acids is 1. The highest BCUT2D eigenvalue weighted by atomic mass is 79.9. The van der Waals surface area contributed by atoms with Crippen molar-refractivity contribution >= 4 is 21.8 Å². The number of hydrogen-bond donors (Lipinski definition) is 1. The molecule has 3 rings (SSSR count). The highest BCUT2D eigenvalue weighted by molar-refractivity contribution is 9.10. The second kappa shape index (κ2) is 7.45. The summed E-state index contributed by atoms with van der Waals surface area (Å²) in [5, 5.41) is 7.28. The van der Waals surface area contributed by atoms with Gasteiger partial charge in [0.1, 0.15) is 0 Å². The van der Waals surface area contributed by atoms with Crippen LogP contribution in [0.15, 0.2) is 71.5 Å². The van der Waals surface area contributed by atoms with Gasteiger partial charge >= 0.3 is 0 Å². The zero-order chi connectivity index (χ0) is 16.9. The molecule has 0 aliphatic carbocycles. The van der Waals surface area contributed by atoms with Crippen LogP contribution >= 0.6 is 15.9 Å². The molecule has 2 aromatic carbocycles. The molecule has 0 fully saturated rings. The van der Waals surface area contributed by atoms with Gasteiger partial charge in [-0.3, -0.25) is 9.48 Å². The van der Waals surface area contributed by atoms with E-state index in [1.165, 1.54) is 0 Å². The lowest BCUT2D eigenvalue weighted by Crippen LogP contribution is -2.26. The zero-order valence-corrected chi connectivity index (χ0v) is 14.9. The Hall–Kier alpha value is -2.40.